The third-order valence-electron chi connectivity index (χ3n) is 6.95. The van der Waals surface area contributed by atoms with Gasteiger partial charge in [-0.3, -0.25) is 9.58 Å². The van der Waals surface area contributed by atoms with Gasteiger partial charge in [0.2, 0.25) is 0 Å². The number of H-pyrrole nitrogens is 1. The zero-order valence-corrected chi connectivity index (χ0v) is 20.1. The Kier molecular flexibility index (Phi) is 5.90. The molecule has 1 aliphatic heterocycles. The maximum Gasteiger partial charge on any atom is 0.137 e. The van der Waals surface area contributed by atoms with Crippen LogP contribution in [0.3, 0.4) is 0 Å². The average molecular weight is 463 g/mol. The Morgan fingerprint density at radius 2 is 1.57 bits per heavy atom. The van der Waals surface area contributed by atoms with Crippen LogP contribution in [0.1, 0.15) is 11.1 Å². The fourth-order valence-electron chi connectivity index (χ4n) is 4.83. The predicted octanol–water partition coefficient (Wildman–Crippen LogP) is 4.89. The van der Waals surface area contributed by atoms with E-state index in [4.69, 9.17) is 4.98 Å². The molecular weight excluding hydrogens is 432 g/mol. The number of hydrogen-bond acceptors (Lipinski definition) is 4. The van der Waals surface area contributed by atoms with Crippen LogP contribution in [-0.2, 0) is 13.1 Å². The number of likely N-dealkylation sites (N-methyl/N-ethyl adjacent to an activating group) is 1. The minimum absolute atomic E-state index is 0.757. The van der Waals surface area contributed by atoms with Crippen molar-refractivity contribution in [1.29, 1.82) is 0 Å². The van der Waals surface area contributed by atoms with Crippen molar-refractivity contribution in [1.82, 2.24) is 29.5 Å². The van der Waals surface area contributed by atoms with Gasteiger partial charge in [0.15, 0.2) is 0 Å². The third kappa shape index (κ3) is 4.76. The molecule has 0 saturated carbocycles. The van der Waals surface area contributed by atoms with E-state index in [0.29, 0.717) is 0 Å². The van der Waals surface area contributed by atoms with E-state index in [9.17, 15) is 0 Å². The van der Waals surface area contributed by atoms with Crippen LogP contribution >= 0.6 is 0 Å². The molecule has 0 amide bonds. The molecule has 2 aromatic carbocycles. The lowest BCUT2D eigenvalue weighted by Crippen LogP contribution is -2.43. The number of fused-ring (bicyclic) bond motifs is 1. The quantitative estimate of drug-likeness (QED) is 0.390. The molecule has 0 spiro atoms. The summed E-state index contributed by atoms with van der Waals surface area (Å²) >= 11 is 0. The van der Waals surface area contributed by atoms with Gasteiger partial charge < -0.3 is 9.88 Å². The van der Waals surface area contributed by atoms with E-state index in [1.807, 2.05) is 29.3 Å². The molecular formula is C29H30N6. The summed E-state index contributed by atoms with van der Waals surface area (Å²) in [5.74, 6) is 0. The van der Waals surface area contributed by atoms with Gasteiger partial charge in [-0.25, -0.2) is 4.98 Å². The first kappa shape index (κ1) is 21.8. The maximum absolute atomic E-state index is 4.71. The van der Waals surface area contributed by atoms with E-state index in [0.717, 1.165) is 67.0 Å². The number of aromatic nitrogens is 4. The first-order valence-electron chi connectivity index (χ1n) is 12.3. The van der Waals surface area contributed by atoms with Crippen molar-refractivity contribution in [3.05, 3.63) is 96.6 Å². The largest absolute Gasteiger partial charge is 0.346 e. The number of benzene rings is 2. The summed E-state index contributed by atoms with van der Waals surface area (Å²) < 4.78 is 1.99. The van der Waals surface area contributed by atoms with Gasteiger partial charge in [0.25, 0.3) is 0 Å². The van der Waals surface area contributed by atoms with Gasteiger partial charge in [-0.2, -0.15) is 5.10 Å². The van der Waals surface area contributed by atoms with Crippen molar-refractivity contribution in [2.45, 2.75) is 13.1 Å². The summed E-state index contributed by atoms with van der Waals surface area (Å²) in [5, 5.41) is 5.71. The number of aromatic amines is 1. The number of pyridine rings is 1. The van der Waals surface area contributed by atoms with Crippen molar-refractivity contribution in [3.8, 4) is 22.3 Å². The highest BCUT2D eigenvalue weighted by Crippen LogP contribution is 2.31. The molecule has 6 nitrogen and oxygen atoms in total. The number of nitrogens with one attached hydrogen (secondary N) is 1. The molecule has 0 aliphatic carbocycles. The van der Waals surface area contributed by atoms with E-state index in [1.165, 1.54) is 16.7 Å². The van der Waals surface area contributed by atoms with Crippen molar-refractivity contribution < 1.29 is 0 Å². The smallest absolute Gasteiger partial charge is 0.137 e. The summed E-state index contributed by atoms with van der Waals surface area (Å²) in [7, 11) is 2.20. The summed E-state index contributed by atoms with van der Waals surface area (Å²) in [6, 6.07) is 21.6. The lowest BCUT2D eigenvalue weighted by Gasteiger charge is -2.32. The van der Waals surface area contributed by atoms with E-state index < -0.39 is 0 Å². The highest BCUT2D eigenvalue weighted by Gasteiger charge is 2.14. The second-order valence-corrected chi connectivity index (χ2v) is 9.51. The molecule has 6 rings (SSSR count). The highest BCUT2D eigenvalue weighted by atomic mass is 15.3. The normalized spacial score (nSPS) is 15.1. The lowest BCUT2D eigenvalue weighted by atomic mass is 10.0. The van der Waals surface area contributed by atoms with Gasteiger partial charge in [0.1, 0.15) is 5.65 Å². The number of piperazine rings is 1. The Balaban J connectivity index is 1.22. The first-order valence-corrected chi connectivity index (χ1v) is 12.3. The van der Waals surface area contributed by atoms with E-state index in [2.05, 4.69) is 87.7 Å². The molecule has 0 unspecified atom stereocenters. The average Bonchev–Trinajstić information content (AvgIpc) is 3.53. The van der Waals surface area contributed by atoms with Gasteiger partial charge in [-0.1, -0.05) is 54.6 Å². The second-order valence-electron chi connectivity index (χ2n) is 9.51. The Hall–Kier alpha value is -3.74. The van der Waals surface area contributed by atoms with Gasteiger partial charge >= 0.3 is 0 Å². The third-order valence-corrected chi connectivity index (χ3v) is 6.95. The molecule has 3 aromatic heterocycles. The molecule has 1 N–H and O–H groups in total. The van der Waals surface area contributed by atoms with Crippen LogP contribution in [0.5, 0.6) is 0 Å². The van der Waals surface area contributed by atoms with Crippen LogP contribution in [0.2, 0.25) is 0 Å². The van der Waals surface area contributed by atoms with Crippen molar-refractivity contribution in [2.75, 3.05) is 33.2 Å². The Bertz CT molecular complexity index is 1410. The molecule has 0 atom stereocenters. The fraction of sp³-hybridized carbons (Fsp3) is 0.241. The van der Waals surface area contributed by atoms with Crippen molar-refractivity contribution >= 4 is 11.0 Å². The summed E-state index contributed by atoms with van der Waals surface area (Å²) in [4.78, 5) is 13.0. The maximum atomic E-state index is 4.71. The Morgan fingerprint density at radius 1 is 0.800 bits per heavy atom. The zero-order chi connectivity index (χ0) is 23.6. The van der Waals surface area contributed by atoms with Crippen molar-refractivity contribution in [3.63, 3.8) is 0 Å². The van der Waals surface area contributed by atoms with Gasteiger partial charge in [-0.05, 0) is 29.8 Å². The van der Waals surface area contributed by atoms with E-state index in [-0.39, 0.29) is 0 Å². The molecule has 0 bridgehead atoms. The standard InChI is InChI=1S/C29H30N6/c1-33-11-13-34(14-12-33)19-23-7-9-24(10-8-23)25-15-27-28(18-31-29(27)30-16-25)26-17-32-35(21-26)20-22-5-3-2-4-6-22/h2-10,15-18,21H,11-14,19-20H2,1H3,(H,30,31). The first-order chi connectivity index (χ1) is 17.2. The minimum atomic E-state index is 0.757. The molecule has 4 heterocycles. The lowest BCUT2D eigenvalue weighted by molar-refractivity contribution is 0.148. The topological polar surface area (TPSA) is 53.0 Å². The van der Waals surface area contributed by atoms with Crippen LogP contribution in [0.25, 0.3) is 33.3 Å². The molecule has 1 fully saturated rings. The Labute approximate surface area is 205 Å². The summed E-state index contributed by atoms with van der Waals surface area (Å²) in [6.07, 6.45) is 8.03. The van der Waals surface area contributed by atoms with Gasteiger partial charge in [0, 0.05) is 73.4 Å². The monoisotopic (exact) mass is 462 g/mol. The van der Waals surface area contributed by atoms with Crippen molar-refractivity contribution in [2.24, 2.45) is 0 Å². The van der Waals surface area contributed by atoms with Crippen LogP contribution in [-0.4, -0.2) is 62.8 Å². The highest BCUT2D eigenvalue weighted by molar-refractivity contribution is 5.95. The number of nitrogens with zero attached hydrogens (tertiary/aromatic N) is 5. The van der Waals surface area contributed by atoms with Crippen LogP contribution < -0.4 is 0 Å². The van der Waals surface area contributed by atoms with Crippen LogP contribution in [0.15, 0.2) is 85.5 Å². The molecule has 176 valence electrons. The van der Waals surface area contributed by atoms with Gasteiger partial charge in [0.05, 0.1) is 12.7 Å². The van der Waals surface area contributed by atoms with Crippen LogP contribution in [0, 0.1) is 0 Å². The molecule has 5 aromatic rings. The zero-order valence-electron chi connectivity index (χ0n) is 20.1. The number of hydrogen-bond donors (Lipinski definition) is 1. The summed E-state index contributed by atoms with van der Waals surface area (Å²) in [5.41, 5.74) is 8.02. The summed E-state index contributed by atoms with van der Waals surface area (Å²) in [6.45, 7) is 6.34. The fourth-order valence-corrected chi connectivity index (χ4v) is 4.83. The second kappa shape index (κ2) is 9.49. The minimum Gasteiger partial charge on any atom is -0.346 e. The Morgan fingerprint density at radius 3 is 2.37 bits per heavy atom. The molecule has 35 heavy (non-hydrogen) atoms. The van der Waals surface area contributed by atoms with E-state index in [1.54, 1.807) is 0 Å². The molecule has 1 saturated heterocycles. The molecule has 1 aliphatic rings. The van der Waals surface area contributed by atoms with Gasteiger partial charge in [-0.15, -0.1) is 0 Å². The molecule has 0 radical (unpaired) electrons. The van der Waals surface area contributed by atoms with E-state index >= 15 is 0 Å². The predicted molar refractivity (Wildman–Crippen MR) is 141 cm³/mol. The number of rotatable bonds is 6. The molecule has 6 heteroatoms. The SMILES string of the molecule is CN1CCN(Cc2ccc(-c3cnc4[nH]cc(-c5cnn(Cc6ccccc6)c5)c4c3)cc2)CC1. The van der Waals surface area contributed by atoms with Crippen LogP contribution in [0.4, 0.5) is 0 Å².